The predicted octanol–water partition coefficient (Wildman–Crippen LogP) is 2.80. The third-order valence-corrected chi connectivity index (χ3v) is 9.76. The van der Waals surface area contributed by atoms with Gasteiger partial charge in [0.05, 0.1) is 29.7 Å². The van der Waals surface area contributed by atoms with Gasteiger partial charge in [0.25, 0.3) is 0 Å². The first kappa shape index (κ1) is 34.4. The standard InChI is InChI=1S/C29H35BClN5O8S2/c1-15(36-30(3)39)29(38)44-24-10-20(8-18(24)13-43-46(32,40)41)35-28-23(12-33-14-34-28)26(37)25-11-21(16(2)45-25)27-22-9-19(31)5-4-17(22)6-7-42-27/h4-5,9,11-12,14-15,18,20,24,27,36,39H,6-8,10,13H2,1-3H3,(H2,32,40,41)(H,33,34,35)/t15-,18+,20+,24-,27-/m0/s1. The summed E-state index contributed by atoms with van der Waals surface area (Å²) >= 11 is 7.65. The quantitative estimate of drug-likeness (QED) is 0.124. The SMILES string of the molecule is CB(O)N[C@@H](C)C(=O)O[C@H]1C[C@H](Nc2ncncc2C(=O)c2cc([C@@H]3OCCc4ccc(Cl)cc43)c(C)s2)C[C@@H]1COS(N)(=O)=O. The predicted molar refractivity (Wildman–Crippen MR) is 173 cm³/mol. The number of rotatable bonds is 12. The summed E-state index contributed by atoms with van der Waals surface area (Å²) in [7, 11) is -5.18. The lowest BCUT2D eigenvalue weighted by Gasteiger charge is -2.26. The van der Waals surface area contributed by atoms with Crippen LogP contribution in [0.15, 0.2) is 36.8 Å². The lowest BCUT2D eigenvalue weighted by molar-refractivity contribution is -0.152. The molecule has 0 saturated heterocycles. The second-order valence-electron chi connectivity index (χ2n) is 11.5. The van der Waals surface area contributed by atoms with E-state index in [1.54, 1.807) is 6.92 Å². The summed E-state index contributed by atoms with van der Waals surface area (Å²) in [5.41, 5.74) is 3.28. The van der Waals surface area contributed by atoms with Gasteiger partial charge in [-0.3, -0.25) is 13.8 Å². The van der Waals surface area contributed by atoms with Gasteiger partial charge in [-0.1, -0.05) is 17.7 Å². The molecule has 13 nitrogen and oxygen atoms in total. The Bertz CT molecular complexity index is 1710. The first-order chi connectivity index (χ1) is 21.8. The second-order valence-corrected chi connectivity index (χ2v) is 14.4. The third-order valence-electron chi connectivity index (χ3n) is 8.00. The number of nitrogens with zero attached hydrogens (tertiary/aromatic N) is 2. The summed E-state index contributed by atoms with van der Waals surface area (Å²) in [6.45, 7) is 5.20. The molecule has 46 heavy (non-hydrogen) atoms. The van der Waals surface area contributed by atoms with Crippen LogP contribution in [0, 0.1) is 12.8 Å². The summed E-state index contributed by atoms with van der Waals surface area (Å²) in [6.07, 6.45) is 3.05. The molecule has 0 bridgehead atoms. The van der Waals surface area contributed by atoms with Gasteiger partial charge in [0.15, 0.2) is 0 Å². The highest BCUT2D eigenvalue weighted by Gasteiger charge is 2.39. The largest absolute Gasteiger partial charge is 0.461 e. The average molecular weight is 692 g/mol. The van der Waals surface area contributed by atoms with E-state index in [4.69, 9.17) is 30.4 Å². The zero-order chi connectivity index (χ0) is 33.2. The minimum absolute atomic E-state index is 0.246. The van der Waals surface area contributed by atoms with Crippen molar-refractivity contribution in [2.24, 2.45) is 11.1 Å². The maximum Gasteiger partial charge on any atom is 0.374 e. The molecule has 0 amide bonds. The van der Waals surface area contributed by atoms with Crippen molar-refractivity contribution in [2.45, 2.75) is 64.2 Å². The fourth-order valence-electron chi connectivity index (χ4n) is 5.86. The van der Waals surface area contributed by atoms with E-state index < -0.39 is 41.4 Å². The lowest BCUT2D eigenvalue weighted by Crippen LogP contribution is -2.45. The Balaban J connectivity index is 1.34. The number of ketones is 1. The Morgan fingerprint density at radius 1 is 1.28 bits per heavy atom. The number of fused-ring (bicyclic) bond motifs is 1. The van der Waals surface area contributed by atoms with Crippen molar-refractivity contribution < 1.29 is 36.7 Å². The summed E-state index contributed by atoms with van der Waals surface area (Å²) in [6, 6.07) is 6.43. The fraction of sp³-hybridized carbons (Fsp3) is 0.448. The Kier molecular flexibility index (Phi) is 10.8. The molecule has 1 fully saturated rings. The number of carbonyl (C=O) groups is 2. The van der Waals surface area contributed by atoms with Crippen molar-refractivity contribution in [2.75, 3.05) is 18.5 Å². The van der Waals surface area contributed by atoms with Crippen LogP contribution in [-0.2, 0) is 35.2 Å². The van der Waals surface area contributed by atoms with Crippen LogP contribution >= 0.6 is 22.9 Å². The molecule has 246 valence electrons. The molecule has 0 spiro atoms. The van der Waals surface area contributed by atoms with Crippen LogP contribution in [0.25, 0.3) is 0 Å². The van der Waals surface area contributed by atoms with Crippen molar-refractivity contribution in [3.8, 4) is 0 Å². The van der Waals surface area contributed by atoms with Gasteiger partial charge in [-0.15, -0.1) is 11.3 Å². The van der Waals surface area contributed by atoms with Gasteiger partial charge in [0.1, 0.15) is 24.4 Å². The highest BCUT2D eigenvalue weighted by atomic mass is 35.5. The first-order valence-electron chi connectivity index (χ1n) is 14.7. The molecule has 0 radical (unpaired) electrons. The monoisotopic (exact) mass is 691 g/mol. The number of halogens is 1. The Morgan fingerprint density at radius 2 is 2.07 bits per heavy atom. The number of hydrogen-bond acceptors (Lipinski definition) is 13. The number of nitrogens with two attached hydrogens (primary N) is 1. The van der Waals surface area contributed by atoms with Gasteiger partial charge in [-0.25, -0.2) is 15.1 Å². The van der Waals surface area contributed by atoms with Gasteiger partial charge >= 0.3 is 23.3 Å². The van der Waals surface area contributed by atoms with Crippen molar-refractivity contribution in [1.29, 1.82) is 0 Å². The Morgan fingerprint density at radius 3 is 2.80 bits per heavy atom. The lowest BCUT2D eigenvalue weighted by atomic mass is 9.87. The topological polar surface area (TPSA) is 192 Å². The van der Waals surface area contributed by atoms with Crippen LogP contribution in [0.2, 0.25) is 11.8 Å². The summed E-state index contributed by atoms with van der Waals surface area (Å²) in [5, 5.41) is 21.2. The molecule has 1 aromatic carbocycles. The smallest absolute Gasteiger partial charge is 0.374 e. The molecule has 2 aromatic heterocycles. The molecule has 1 saturated carbocycles. The van der Waals surface area contributed by atoms with Crippen LogP contribution in [0.4, 0.5) is 5.82 Å². The molecular weight excluding hydrogens is 657 g/mol. The first-order valence-corrected chi connectivity index (χ1v) is 17.4. The van der Waals surface area contributed by atoms with Crippen LogP contribution in [-0.4, -0.2) is 73.6 Å². The molecule has 3 heterocycles. The molecule has 0 unspecified atom stereocenters. The van der Waals surface area contributed by atoms with Crippen LogP contribution in [0.1, 0.15) is 62.7 Å². The number of ether oxygens (including phenoxy) is 2. The molecule has 5 atom stereocenters. The number of aryl methyl sites for hydroxylation is 1. The molecular formula is C29H35BClN5O8S2. The van der Waals surface area contributed by atoms with Crippen LogP contribution in [0.3, 0.4) is 0 Å². The van der Waals surface area contributed by atoms with E-state index in [9.17, 15) is 23.0 Å². The zero-order valence-electron chi connectivity index (χ0n) is 25.4. The van der Waals surface area contributed by atoms with Gasteiger partial charge in [0.2, 0.25) is 5.78 Å². The minimum Gasteiger partial charge on any atom is -0.461 e. The molecule has 1 aliphatic carbocycles. The average Bonchev–Trinajstić information content (AvgIpc) is 3.57. The Hall–Kier alpha value is -2.96. The van der Waals surface area contributed by atoms with Gasteiger partial charge < -0.3 is 25.0 Å². The van der Waals surface area contributed by atoms with Crippen molar-refractivity contribution >= 4 is 57.9 Å². The van der Waals surface area contributed by atoms with E-state index in [1.807, 2.05) is 31.2 Å². The maximum absolute atomic E-state index is 13.9. The molecule has 5 rings (SSSR count). The van der Waals surface area contributed by atoms with Crippen LogP contribution < -0.4 is 15.7 Å². The van der Waals surface area contributed by atoms with Gasteiger partial charge in [-0.2, -0.15) is 8.42 Å². The van der Waals surface area contributed by atoms with E-state index in [1.165, 1.54) is 30.7 Å². The van der Waals surface area contributed by atoms with Crippen molar-refractivity contribution in [3.63, 3.8) is 0 Å². The molecule has 5 N–H and O–H groups in total. The Labute approximate surface area is 276 Å². The summed E-state index contributed by atoms with van der Waals surface area (Å²) in [4.78, 5) is 36.4. The zero-order valence-corrected chi connectivity index (χ0v) is 27.8. The second kappa shape index (κ2) is 14.4. The van der Waals surface area contributed by atoms with E-state index in [0.29, 0.717) is 22.9 Å². The van der Waals surface area contributed by atoms with E-state index >= 15 is 0 Å². The molecule has 2 aliphatic rings. The maximum atomic E-state index is 13.9. The van der Waals surface area contributed by atoms with Gasteiger partial charge in [0, 0.05) is 34.5 Å². The molecule has 1 aliphatic heterocycles. The molecule has 3 aromatic rings. The van der Waals surface area contributed by atoms with Gasteiger partial charge in [-0.05, 0) is 68.4 Å². The number of carbonyl (C=O) groups excluding carboxylic acids is 2. The molecule has 17 heteroatoms. The normalized spacial score (nSPS) is 21.8. The minimum atomic E-state index is -4.24. The highest BCUT2D eigenvalue weighted by molar-refractivity contribution is 7.84. The number of benzene rings is 1. The number of anilines is 1. The van der Waals surface area contributed by atoms with E-state index in [-0.39, 0.29) is 42.3 Å². The van der Waals surface area contributed by atoms with Crippen molar-refractivity contribution in [1.82, 2.24) is 15.2 Å². The highest BCUT2D eigenvalue weighted by Crippen LogP contribution is 2.39. The number of aromatic nitrogens is 2. The number of hydrogen-bond donors (Lipinski definition) is 4. The third kappa shape index (κ3) is 8.30. The number of thiophene rings is 1. The summed E-state index contributed by atoms with van der Waals surface area (Å²) < 4.78 is 39.7. The summed E-state index contributed by atoms with van der Waals surface area (Å²) in [5.74, 6) is -1.15. The number of nitrogens with one attached hydrogen (secondary N) is 2. The van der Waals surface area contributed by atoms with Crippen molar-refractivity contribution in [3.05, 3.63) is 73.8 Å². The fourth-order valence-corrected chi connectivity index (χ4v) is 7.41. The van der Waals surface area contributed by atoms with E-state index in [0.717, 1.165) is 28.0 Å². The van der Waals surface area contributed by atoms with Crippen LogP contribution in [0.5, 0.6) is 0 Å². The number of esters is 1. The van der Waals surface area contributed by atoms with E-state index in [2.05, 4.69) is 20.5 Å².